The predicted octanol–water partition coefficient (Wildman–Crippen LogP) is 3.27. The van der Waals surface area contributed by atoms with Crippen molar-refractivity contribution in [1.29, 1.82) is 0 Å². The molecule has 5 heteroatoms. The van der Waals surface area contributed by atoms with Crippen molar-refractivity contribution < 1.29 is 13.2 Å². The maximum absolute atomic E-state index is 12.1. The van der Waals surface area contributed by atoms with Crippen LogP contribution in [-0.4, -0.2) is 22.1 Å². The Kier molecular flexibility index (Phi) is 6.10. The molecular weight excluding hydrogens is 310 g/mol. The highest BCUT2D eigenvalue weighted by molar-refractivity contribution is 7.92. The van der Waals surface area contributed by atoms with Crippen LogP contribution in [0.5, 0.6) is 0 Å². The molecule has 1 N–H and O–H groups in total. The minimum absolute atomic E-state index is 0.183. The molecule has 2 aromatic carbocycles. The quantitative estimate of drug-likeness (QED) is 0.847. The van der Waals surface area contributed by atoms with Gasteiger partial charge in [-0.15, -0.1) is 0 Å². The average molecular weight is 331 g/mol. The minimum Gasteiger partial charge on any atom is -0.375 e. The maximum atomic E-state index is 12.1. The summed E-state index contributed by atoms with van der Waals surface area (Å²) in [5, 5.41) is 1.17. The molecule has 0 saturated heterocycles. The Morgan fingerprint density at radius 2 is 1.74 bits per heavy atom. The fraction of sp³-hybridized carbons (Fsp3) is 0.222. The number of benzene rings is 2. The van der Waals surface area contributed by atoms with Crippen molar-refractivity contribution >= 4 is 16.1 Å². The Morgan fingerprint density at radius 3 is 2.39 bits per heavy atom. The normalized spacial score (nSPS) is 13.3. The number of hydrogen-bond acceptors (Lipinski definition) is 3. The molecule has 0 heterocycles. The van der Waals surface area contributed by atoms with E-state index in [1.807, 2.05) is 61.5 Å². The van der Waals surface area contributed by atoms with Gasteiger partial charge in [-0.1, -0.05) is 54.6 Å². The molecule has 2 aromatic rings. The number of hydrogen-bond donors (Lipinski definition) is 1. The Balaban J connectivity index is 2.03. The standard InChI is InChI=1S/C18H21NO3S/c1-15-8-6-7-11-17(15)18(22-2)14-19-23(20,21)13-12-16-9-4-3-5-10-16/h3-13,18-19H,14H2,1-2H3/b13-12+. The van der Waals surface area contributed by atoms with Crippen LogP contribution in [-0.2, 0) is 14.8 Å². The van der Waals surface area contributed by atoms with E-state index in [0.29, 0.717) is 0 Å². The summed E-state index contributed by atoms with van der Waals surface area (Å²) in [4.78, 5) is 0. The van der Waals surface area contributed by atoms with Crippen molar-refractivity contribution in [2.24, 2.45) is 0 Å². The molecule has 0 amide bonds. The van der Waals surface area contributed by atoms with Crippen molar-refractivity contribution in [1.82, 2.24) is 4.72 Å². The maximum Gasteiger partial charge on any atom is 0.233 e. The summed E-state index contributed by atoms with van der Waals surface area (Å²) in [5.41, 5.74) is 2.88. The van der Waals surface area contributed by atoms with Gasteiger partial charge in [0.1, 0.15) is 0 Å². The van der Waals surface area contributed by atoms with E-state index in [1.54, 1.807) is 13.2 Å². The predicted molar refractivity (Wildman–Crippen MR) is 93.3 cm³/mol. The molecule has 1 atom stereocenters. The fourth-order valence-electron chi connectivity index (χ4n) is 2.24. The number of ether oxygens (including phenoxy) is 1. The first-order chi connectivity index (χ1) is 11.0. The molecule has 0 fully saturated rings. The monoisotopic (exact) mass is 331 g/mol. The van der Waals surface area contributed by atoms with Crippen molar-refractivity contribution in [2.75, 3.05) is 13.7 Å². The summed E-state index contributed by atoms with van der Waals surface area (Å²) in [6.07, 6.45) is 1.24. The highest BCUT2D eigenvalue weighted by Gasteiger charge is 2.15. The van der Waals surface area contributed by atoms with Gasteiger partial charge in [0.25, 0.3) is 0 Å². The molecule has 1 unspecified atom stereocenters. The van der Waals surface area contributed by atoms with Crippen LogP contribution in [0.1, 0.15) is 22.8 Å². The average Bonchev–Trinajstić information content (AvgIpc) is 2.56. The molecule has 4 nitrogen and oxygen atoms in total. The molecular formula is C18H21NO3S. The second-order valence-corrected chi connectivity index (χ2v) is 6.84. The van der Waals surface area contributed by atoms with Crippen LogP contribution >= 0.6 is 0 Å². The molecule has 0 aromatic heterocycles. The zero-order chi connectivity index (χ0) is 16.7. The van der Waals surface area contributed by atoms with E-state index in [-0.39, 0.29) is 12.6 Å². The molecule has 0 saturated carbocycles. The lowest BCUT2D eigenvalue weighted by molar-refractivity contribution is 0.107. The molecule has 0 radical (unpaired) electrons. The number of sulfonamides is 1. The molecule has 0 aliphatic heterocycles. The molecule has 0 aliphatic carbocycles. The summed E-state index contributed by atoms with van der Waals surface area (Å²) in [6.45, 7) is 2.16. The van der Waals surface area contributed by atoms with Gasteiger partial charge in [-0.2, -0.15) is 0 Å². The molecule has 0 spiro atoms. The van der Waals surface area contributed by atoms with Crippen LogP contribution in [0.25, 0.3) is 6.08 Å². The van der Waals surface area contributed by atoms with Crippen LogP contribution in [0.4, 0.5) is 0 Å². The topological polar surface area (TPSA) is 55.4 Å². The molecule has 0 bridgehead atoms. The third-order valence-corrected chi connectivity index (χ3v) is 4.59. The Morgan fingerprint density at radius 1 is 1.09 bits per heavy atom. The number of nitrogens with one attached hydrogen (secondary N) is 1. The van der Waals surface area contributed by atoms with Gasteiger partial charge >= 0.3 is 0 Å². The minimum atomic E-state index is -3.52. The van der Waals surface area contributed by atoms with E-state index < -0.39 is 10.0 Å². The van der Waals surface area contributed by atoms with E-state index in [4.69, 9.17) is 4.74 Å². The van der Waals surface area contributed by atoms with Gasteiger partial charge in [0.2, 0.25) is 10.0 Å². The second-order valence-electron chi connectivity index (χ2n) is 5.19. The van der Waals surface area contributed by atoms with E-state index in [9.17, 15) is 8.42 Å². The summed E-state index contributed by atoms with van der Waals surface area (Å²) >= 11 is 0. The molecule has 0 aliphatic rings. The molecule has 23 heavy (non-hydrogen) atoms. The van der Waals surface area contributed by atoms with Gasteiger partial charge in [-0.25, -0.2) is 13.1 Å². The van der Waals surface area contributed by atoms with Crippen LogP contribution in [0, 0.1) is 6.92 Å². The Bertz CT molecular complexity index is 755. The van der Waals surface area contributed by atoms with Gasteiger partial charge in [0.15, 0.2) is 0 Å². The lowest BCUT2D eigenvalue weighted by Gasteiger charge is -2.18. The lowest BCUT2D eigenvalue weighted by atomic mass is 10.0. The summed E-state index contributed by atoms with van der Waals surface area (Å²) in [6, 6.07) is 17.1. The van der Waals surface area contributed by atoms with Crippen molar-refractivity contribution in [3.8, 4) is 0 Å². The van der Waals surface area contributed by atoms with Gasteiger partial charge in [0, 0.05) is 19.1 Å². The fourth-order valence-corrected chi connectivity index (χ4v) is 3.06. The zero-order valence-electron chi connectivity index (χ0n) is 13.3. The largest absolute Gasteiger partial charge is 0.375 e. The summed E-state index contributed by atoms with van der Waals surface area (Å²) in [5.74, 6) is 0. The van der Waals surface area contributed by atoms with Gasteiger partial charge in [0.05, 0.1) is 6.10 Å². The van der Waals surface area contributed by atoms with E-state index >= 15 is 0 Å². The Hall–Kier alpha value is -1.95. The van der Waals surface area contributed by atoms with Crippen LogP contribution in [0.15, 0.2) is 60.0 Å². The number of aryl methyl sites for hydroxylation is 1. The van der Waals surface area contributed by atoms with Gasteiger partial charge < -0.3 is 4.74 Å². The third-order valence-electron chi connectivity index (χ3n) is 3.53. The first-order valence-corrected chi connectivity index (χ1v) is 8.87. The molecule has 122 valence electrons. The van der Waals surface area contributed by atoms with Gasteiger partial charge in [-0.3, -0.25) is 0 Å². The number of rotatable bonds is 7. The van der Waals surface area contributed by atoms with Crippen LogP contribution in [0.2, 0.25) is 0 Å². The summed E-state index contributed by atoms with van der Waals surface area (Å²) in [7, 11) is -1.94. The van der Waals surface area contributed by atoms with Crippen molar-refractivity contribution in [3.63, 3.8) is 0 Å². The van der Waals surface area contributed by atoms with E-state index in [2.05, 4.69) is 4.72 Å². The third kappa shape index (κ3) is 5.32. The lowest BCUT2D eigenvalue weighted by Crippen LogP contribution is -2.27. The van der Waals surface area contributed by atoms with Crippen molar-refractivity contribution in [3.05, 3.63) is 76.7 Å². The second kappa shape index (κ2) is 8.06. The van der Waals surface area contributed by atoms with E-state index in [0.717, 1.165) is 16.7 Å². The smallest absolute Gasteiger partial charge is 0.233 e. The first kappa shape index (κ1) is 17.4. The van der Waals surface area contributed by atoms with E-state index in [1.165, 1.54) is 5.41 Å². The summed E-state index contributed by atoms with van der Waals surface area (Å²) < 4.78 is 32.2. The zero-order valence-corrected chi connectivity index (χ0v) is 14.1. The SMILES string of the molecule is COC(CNS(=O)(=O)/C=C/c1ccccc1)c1ccccc1C. The molecule has 2 rings (SSSR count). The highest BCUT2D eigenvalue weighted by atomic mass is 32.2. The number of methoxy groups -OCH3 is 1. The van der Waals surface area contributed by atoms with Crippen LogP contribution < -0.4 is 4.72 Å². The van der Waals surface area contributed by atoms with Gasteiger partial charge in [-0.05, 0) is 29.7 Å². The highest BCUT2D eigenvalue weighted by Crippen LogP contribution is 2.19. The van der Waals surface area contributed by atoms with Crippen molar-refractivity contribution in [2.45, 2.75) is 13.0 Å². The first-order valence-electron chi connectivity index (χ1n) is 7.33. The van der Waals surface area contributed by atoms with Crippen LogP contribution in [0.3, 0.4) is 0 Å². The Labute approximate surface area is 137 Å².